The van der Waals surface area contributed by atoms with Crippen molar-refractivity contribution in [1.82, 2.24) is 16.0 Å². The van der Waals surface area contributed by atoms with E-state index in [1.54, 1.807) is 13.8 Å². The molecule has 0 saturated heterocycles. The largest absolute Gasteiger partial charge is 0.481 e. The van der Waals surface area contributed by atoms with Gasteiger partial charge in [-0.2, -0.15) is 0 Å². The predicted octanol–water partition coefficient (Wildman–Crippen LogP) is -2.80. The molecule has 0 saturated carbocycles. The molecule has 3 amide bonds. The van der Waals surface area contributed by atoms with E-state index >= 15 is 0 Å². The van der Waals surface area contributed by atoms with Crippen molar-refractivity contribution in [2.24, 2.45) is 28.1 Å². The van der Waals surface area contributed by atoms with Crippen molar-refractivity contribution in [1.29, 1.82) is 0 Å². The van der Waals surface area contributed by atoms with Crippen LogP contribution < -0.4 is 33.2 Å². The fourth-order valence-electron chi connectivity index (χ4n) is 3.07. The van der Waals surface area contributed by atoms with E-state index in [0.717, 1.165) is 0 Å². The molecular formula is C21H39N7O8. The molecule has 0 rings (SSSR count). The zero-order valence-electron chi connectivity index (χ0n) is 20.8. The number of nitrogens with one attached hydrogen (secondary N) is 3. The molecule has 0 aromatic carbocycles. The number of aliphatic imine (C=N–C) groups is 1. The Morgan fingerprint density at radius 1 is 0.861 bits per heavy atom. The van der Waals surface area contributed by atoms with Crippen LogP contribution in [0.15, 0.2) is 4.99 Å². The quantitative estimate of drug-likeness (QED) is 0.0539. The van der Waals surface area contributed by atoms with Crippen LogP contribution in [0.1, 0.15) is 52.9 Å². The van der Waals surface area contributed by atoms with Gasteiger partial charge in [0.2, 0.25) is 17.7 Å². The zero-order chi connectivity index (χ0) is 28.0. The van der Waals surface area contributed by atoms with E-state index in [1.165, 1.54) is 6.92 Å². The summed E-state index contributed by atoms with van der Waals surface area (Å²) in [6.45, 7) is 4.93. The van der Waals surface area contributed by atoms with Crippen molar-refractivity contribution in [3.63, 3.8) is 0 Å². The molecule has 0 aliphatic heterocycles. The van der Waals surface area contributed by atoms with Crippen LogP contribution >= 0.6 is 0 Å². The predicted molar refractivity (Wildman–Crippen MR) is 129 cm³/mol. The van der Waals surface area contributed by atoms with Crippen molar-refractivity contribution in [2.75, 3.05) is 6.54 Å². The Hall–Kier alpha value is -3.46. The van der Waals surface area contributed by atoms with Gasteiger partial charge in [0.1, 0.15) is 18.1 Å². The summed E-state index contributed by atoms with van der Waals surface area (Å²) in [5.41, 5.74) is 16.2. The maximum atomic E-state index is 12.9. The Morgan fingerprint density at radius 3 is 1.92 bits per heavy atom. The number of aliphatic hydroxyl groups excluding tert-OH is 1. The number of carbonyl (C=O) groups excluding carboxylic acids is 3. The van der Waals surface area contributed by atoms with Gasteiger partial charge in [0.15, 0.2) is 5.96 Å². The summed E-state index contributed by atoms with van der Waals surface area (Å²) in [5, 5.41) is 35.3. The molecule has 0 aromatic rings. The molecule has 206 valence electrons. The summed E-state index contributed by atoms with van der Waals surface area (Å²) in [6, 6.07) is -5.21. The minimum Gasteiger partial charge on any atom is -0.481 e. The van der Waals surface area contributed by atoms with Crippen LogP contribution in [-0.4, -0.2) is 87.8 Å². The lowest BCUT2D eigenvalue weighted by Gasteiger charge is -2.26. The van der Waals surface area contributed by atoms with Gasteiger partial charge in [0.25, 0.3) is 0 Å². The zero-order valence-corrected chi connectivity index (χ0v) is 20.8. The Morgan fingerprint density at radius 2 is 1.44 bits per heavy atom. The van der Waals surface area contributed by atoms with E-state index in [-0.39, 0.29) is 50.5 Å². The molecule has 5 unspecified atom stereocenters. The van der Waals surface area contributed by atoms with Crippen LogP contribution in [0.3, 0.4) is 0 Å². The summed E-state index contributed by atoms with van der Waals surface area (Å²) in [6.07, 6.45) is -1.57. The van der Waals surface area contributed by atoms with Crippen molar-refractivity contribution < 1.29 is 39.3 Å². The van der Waals surface area contributed by atoms with Gasteiger partial charge < -0.3 is 48.5 Å². The SMILES string of the molecule is CC(C)CC(NC(=O)C(CCCN=C(N)N)NC(=O)C(NC(=O)C(N)CCC(=O)O)C(C)O)C(=O)O. The van der Waals surface area contributed by atoms with E-state index in [9.17, 15) is 34.2 Å². The molecule has 0 fully saturated rings. The number of amides is 3. The van der Waals surface area contributed by atoms with Gasteiger partial charge in [-0.05, 0) is 38.5 Å². The third-order valence-corrected chi connectivity index (χ3v) is 4.97. The number of hydrogen-bond acceptors (Lipinski definition) is 8. The normalized spacial score (nSPS) is 15.1. The summed E-state index contributed by atoms with van der Waals surface area (Å²) >= 11 is 0. The highest BCUT2D eigenvalue weighted by Gasteiger charge is 2.32. The Bertz CT molecular complexity index is 799. The van der Waals surface area contributed by atoms with Crippen molar-refractivity contribution in [3.8, 4) is 0 Å². The van der Waals surface area contributed by atoms with Crippen LogP contribution in [-0.2, 0) is 24.0 Å². The Labute approximate surface area is 209 Å². The first kappa shape index (κ1) is 32.5. The number of hydrogen-bond donors (Lipinski definition) is 9. The number of carboxylic acid groups (broad SMARTS) is 2. The van der Waals surface area contributed by atoms with Gasteiger partial charge in [-0.1, -0.05) is 13.8 Å². The fraction of sp³-hybridized carbons (Fsp3) is 0.714. The van der Waals surface area contributed by atoms with Gasteiger partial charge in [-0.15, -0.1) is 0 Å². The minimum atomic E-state index is -1.52. The molecule has 15 nitrogen and oxygen atoms in total. The third kappa shape index (κ3) is 13.4. The standard InChI is InChI=1S/C21H39N7O8/c1-10(2)9-14(20(35)36)27-18(33)13(5-4-8-25-21(23)24)26-19(34)16(11(3)29)28-17(32)12(22)6-7-15(30)31/h10-14,16,29H,4-9,22H2,1-3H3,(H,26,34)(H,27,33)(H,28,32)(H,30,31)(H,35,36)(H4,23,24,25). The monoisotopic (exact) mass is 517 g/mol. The molecule has 0 aliphatic rings. The highest BCUT2D eigenvalue weighted by Crippen LogP contribution is 2.08. The van der Waals surface area contributed by atoms with E-state index in [2.05, 4.69) is 20.9 Å². The molecule has 12 N–H and O–H groups in total. The highest BCUT2D eigenvalue weighted by molar-refractivity contribution is 5.94. The highest BCUT2D eigenvalue weighted by atomic mass is 16.4. The first-order valence-electron chi connectivity index (χ1n) is 11.5. The topological polar surface area (TPSA) is 273 Å². The lowest BCUT2D eigenvalue weighted by atomic mass is 10.0. The van der Waals surface area contributed by atoms with Gasteiger partial charge in [-0.25, -0.2) is 4.79 Å². The lowest BCUT2D eigenvalue weighted by molar-refractivity contribution is -0.143. The first-order chi connectivity index (χ1) is 16.6. The fourth-order valence-corrected chi connectivity index (χ4v) is 3.07. The average Bonchev–Trinajstić information content (AvgIpc) is 2.75. The number of aliphatic carboxylic acids is 2. The van der Waals surface area contributed by atoms with Gasteiger partial charge in [-0.3, -0.25) is 24.2 Å². The number of nitrogens with two attached hydrogens (primary N) is 3. The van der Waals surface area contributed by atoms with Crippen LogP contribution in [0, 0.1) is 5.92 Å². The molecule has 0 spiro atoms. The lowest BCUT2D eigenvalue weighted by Crippen LogP contribution is -2.59. The second-order valence-corrected chi connectivity index (χ2v) is 8.80. The van der Waals surface area contributed by atoms with Gasteiger partial charge in [0, 0.05) is 13.0 Å². The van der Waals surface area contributed by atoms with Crippen molar-refractivity contribution in [2.45, 2.75) is 83.1 Å². The molecular weight excluding hydrogens is 478 g/mol. The van der Waals surface area contributed by atoms with Gasteiger partial charge >= 0.3 is 11.9 Å². The summed E-state index contributed by atoms with van der Waals surface area (Å²) < 4.78 is 0. The number of guanidine groups is 1. The van der Waals surface area contributed by atoms with Crippen LogP contribution in [0.4, 0.5) is 0 Å². The smallest absolute Gasteiger partial charge is 0.326 e. The second-order valence-electron chi connectivity index (χ2n) is 8.80. The summed E-state index contributed by atoms with van der Waals surface area (Å²) in [5.74, 6) is -5.19. The van der Waals surface area contributed by atoms with Crippen LogP contribution in [0.25, 0.3) is 0 Å². The average molecular weight is 518 g/mol. The van der Waals surface area contributed by atoms with Crippen molar-refractivity contribution >= 4 is 35.6 Å². The van der Waals surface area contributed by atoms with E-state index in [0.29, 0.717) is 0 Å². The summed E-state index contributed by atoms with van der Waals surface area (Å²) in [7, 11) is 0. The second kappa shape index (κ2) is 16.3. The number of aliphatic hydroxyl groups is 1. The molecule has 0 aliphatic carbocycles. The van der Waals surface area contributed by atoms with Crippen LogP contribution in [0.2, 0.25) is 0 Å². The molecule has 15 heteroatoms. The molecule has 5 atom stereocenters. The number of nitrogens with zero attached hydrogens (tertiary/aromatic N) is 1. The minimum absolute atomic E-state index is 0.0149. The molecule has 0 heterocycles. The van der Waals surface area contributed by atoms with E-state index in [1.807, 2.05) is 0 Å². The Balaban J connectivity index is 5.55. The first-order valence-corrected chi connectivity index (χ1v) is 11.5. The van der Waals surface area contributed by atoms with Crippen molar-refractivity contribution in [3.05, 3.63) is 0 Å². The number of rotatable bonds is 17. The molecule has 0 aromatic heterocycles. The number of carboxylic acids is 2. The molecule has 36 heavy (non-hydrogen) atoms. The number of carbonyl (C=O) groups is 5. The molecule has 0 radical (unpaired) electrons. The van der Waals surface area contributed by atoms with Gasteiger partial charge in [0.05, 0.1) is 12.1 Å². The molecule has 0 bridgehead atoms. The van der Waals surface area contributed by atoms with E-state index < -0.39 is 59.9 Å². The summed E-state index contributed by atoms with van der Waals surface area (Å²) in [4.78, 5) is 64.1. The van der Waals surface area contributed by atoms with Crippen LogP contribution in [0.5, 0.6) is 0 Å². The van der Waals surface area contributed by atoms with E-state index in [4.69, 9.17) is 22.3 Å². The third-order valence-electron chi connectivity index (χ3n) is 4.97. The maximum absolute atomic E-state index is 12.9. The maximum Gasteiger partial charge on any atom is 0.326 e. The Kier molecular flexibility index (Phi) is 14.7.